The number of halogens is 1. The van der Waals surface area contributed by atoms with Gasteiger partial charge in [-0.3, -0.25) is 9.59 Å². The van der Waals surface area contributed by atoms with Crippen LogP contribution in [0.1, 0.15) is 23.7 Å². The number of benzene rings is 2. The molecule has 0 aliphatic carbocycles. The van der Waals surface area contributed by atoms with Crippen LogP contribution in [-0.2, 0) is 4.79 Å². The predicted molar refractivity (Wildman–Crippen MR) is 113 cm³/mol. The topological polar surface area (TPSA) is 89.0 Å². The van der Waals surface area contributed by atoms with Crippen LogP contribution in [0.3, 0.4) is 0 Å². The van der Waals surface area contributed by atoms with Crippen molar-refractivity contribution in [2.24, 2.45) is 5.10 Å². The number of nitrogens with zero attached hydrogens (tertiary/aromatic N) is 1. The number of hydrogen-bond acceptors (Lipinski definition) is 5. The summed E-state index contributed by atoms with van der Waals surface area (Å²) < 4.78 is 11.3. The monoisotopic (exact) mass is 481 g/mol. The minimum Gasteiger partial charge on any atom is -0.493 e. The molecule has 0 radical (unpaired) electrons. The van der Waals surface area contributed by atoms with Gasteiger partial charge >= 0.3 is 0 Å². The lowest BCUT2D eigenvalue weighted by molar-refractivity contribution is -0.115. The molecule has 0 spiro atoms. The lowest BCUT2D eigenvalue weighted by Crippen LogP contribution is -2.21. The number of nitrogens with one attached hydrogen (secondary N) is 2. The fourth-order valence-electron chi connectivity index (χ4n) is 2.23. The van der Waals surface area contributed by atoms with E-state index in [-0.39, 0.29) is 12.3 Å². The first kappa shape index (κ1) is 20.7. The Labute approximate surface area is 171 Å². The quantitative estimate of drug-likeness (QED) is 0.360. The third kappa shape index (κ3) is 6.24. The molecule has 8 heteroatoms. The number of carbonyl (C=O) groups excluding carboxylic acids is 2. The maximum absolute atomic E-state index is 12.2. The van der Waals surface area contributed by atoms with Gasteiger partial charge in [-0.1, -0.05) is 6.07 Å². The Morgan fingerprint density at radius 3 is 2.48 bits per heavy atom. The summed E-state index contributed by atoms with van der Waals surface area (Å²) in [6.45, 7) is 1.67. The van der Waals surface area contributed by atoms with Gasteiger partial charge in [-0.05, 0) is 65.9 Å². The van der Waals surface area contributed by atoms with Crippen LogP contribution in [0.4, 0.5) is 5.69 Å². The minimum atomic E-state index is -0.409. The van der Waals surface area contributed by atoms with E-state index in [1.165, 1.54) is 14.2 Å². The van der Waals surface area contributed by atoms with E-state index in [4.69, 9.17) is 9.47 Å². The molecule has 0 aliphatic heterocycles. The molecule has 0 unspecified atom stereocenters. The molecule has 0 saturated heterocycles. The fraction of sp³-hybridized carbons (Fsp3) is 0.211. The van der Waals surface area contributed by atoms with E-state index in [2.05, 4.69) is 38.4 Å². The zero-order chi connectivity index (χ0) is 19.8. The van der Waals surface area contributed by atoms with Crippen molar-refractivity contribution in [3.63, 3.8) is 0 Å². The molecule has 2 rings (SSSR count). The number of anilines is 1. The van der Waals surface area contributed by atoms with Gasteiger partial charge in [0, 0.05) is 20.5 Å². The highest BCUT2D eigenvalue weighted by molar-refractivity contribution is 14.1. The maximum Gasteiger partial charge on any atom is 0.271 e. The van der Waals surface area contributed by atoms with E-state index in [9.17, 15) is 9.59 Å². The van der Waals surface area contributed by atoms with Crippen molar-refractivity contribution in [3.8, 4) is 11.5 Å². The summed E-state index contributed by atoms with van der Waals surface area (Å²) in [7, 11) is 3.01. The molecule has 2 amide bonds. The van der Waals surface area contributed by atoms with E-state index in [0.717, 1.165) is 3.57 Å². The molecule has 0 fully saturated rings. The van der Waals surface area contributed by atoms with Gasteiger partial charge in [-0.25, -0.2) is 5.43 Å². The van der Waals surface area contributed by atoms with Crippen LogP contribution in [-0.4, -0.2) is 31.7 Å². The second kappa shape index (κ2) is 9.91. The van der Waals surface area contributed by atoms with Crippen molar-refractivity contribution in [1.29, 1.82) is 0 Å². The van der Waals surface area contributed by atoms with E-state index in [0.29, 0.717) is 28.5 Å². The summed E-state index contributed by atoms with van der Waals surface area (Å²) in [4.78, 5) is 24.3. The molecule has 142 valence electrons. The van der Waals surface area contributed by atoms with Crippen molar-refractivity contribution in [1.82, 2.24) is 5.43 Å². The van der Waals surface area contributed by atoms with E-state index in [1.807, 2.05) is 24.3 Å². The number of amides is 2. The number of hydrogen-bond donors (Lipinski definition) is 2. The van der Waals surface area contributed by atoms with Gasteiger partial charge in [-0.2, -0.15) is 5.10 Å². The fourth-order valence-corrected chi connectivity index (χ4v) is 2.77. The minimum absolute atomic E-state index is 0.0671. The summed E-state index contributed by atoms with van der Waals surface area (Å²) in [6.07, 6.45) is 0.0671. The van der Waals surface area contributed by atoms with Crippen molar-refractivity contribution in [2.45, 2.75) is 13.3 Å². The Bertz CT molecular complexity index is 868. The Morgan fingerprint density at radius 1 is 1.07 bits per heavy atom. The molecule has 2 aromatic rings. The van der Waals surface area contributed by atoms with E-state index < -0.39 is 5.91 Å². The Kier molecular flexibility index (Phi) is 7.59. The van der Waals surface area contributed by atoms with Crippen LogP contribution in [0, 0.1) is 3.57 Å². The van der Waals surface area contributed by atoms with E-state index in [1.54, 1.807) is 25.1 Å². The first-order valence-corrected chi connectivity index (χ1v) is 9.11. The van der Waals surface area contributed by atoms with Crippen molar-refractivity contribution >= 4 is 45.8 Å². The molecular formula is C19H20IN3O4. The van der Waals surface area contributed by atoms with Crippen LogP contribution >= 0.6 is 22.6 Å². The maximum atomic E-state index is 12.2. The lowest BCUT2D eigenvalue weighted by Gasteiger charge is -2.09. The average Bonchev–Trinajstić information content (AvgIpc) is 2.65. The van der Waals surface area contributed by atoms with Gasteiger partial charge in [-0.15, -0.1) is 0 Å². The Morgan fingerprint density at radius 2 is 1.81 bits per heavy atom. The zero-order valence-electron chi connectivity index (χ0n) is 15.2. The molecule has 2 N–H and O–H groups in total. The number of hydrazone groups is 1. The molecule has 2 aromatic carbocycles. The smallest absolute Gasteiger partial charge is 0.271 e. The van der Waals surface area contributed by atoms with Crippen LogP contribution in [0.2, 0.25) is 0 Å². The van der Waals surface area contributed by atoms with E-state index >= 15 is 0 Å². The van der Waals surface area contributed by atoms with Gasteiger partial charge < -0.3 is 14.8 Å². The molecule has 0 bridgehead atoms. The molecule has 0 atom stereocenters. The Hall–Kier alpha value is -2.62. The van der Waals surface area contributed by atoms with Crippen molar-refractivity contribution in [3.05, 3.63) is 51.6 Å². The van der Waals surface area contributed by atoms with Crippen molar-refractivity contribution < 1.29 is 19.1 Å². The summed E-state index contributed by atoms with van der Waals surface area (Å²) in [5.41, 5.74) is 4.00. The third-order valence-electron chi connectivity index (χ3n) is 3.52. The second-order valence-electron chi connectivity index (χ2n) is 5.59. The summed E-state index contributed by atoms with van der Waals surface area (Å²) >= 11 is 2.17. The SMILES string of the molecule is COc1ccc(C(=O)N/N=C(\C)CC(=O)Nc2cccc(I)c2)cc1OC. The molecule has 0 aliphatic rings. The normalized spacial score (nSPS) is 10.9. The largest absolute Gasteiger partial charge is 0.493 e. The molecule has 0 aromatic heterocycles. The van der Waals surface area contributed by atoms with Crippen LogP contribution < -0.4 is 20.2 Å². The number of rotatable bonds is 7. The van der Waals surface area contributed by atoms with Gasteiger partial charge in [0.1, 0.15) is 0 Å². The van der Waals surface area contributed by atoms with Crippen LogP contribution in [0.25, 0.3) is 0 Å². The number of carbonyl (C=O) groups is 2. The average molecular weight is 481 g/mol. The third-order valence-corrected chi connectivity index (χ3v) is 4.19. The molecule has 7 nitrogen and oxygen atoms in total. The molecule has 0 saturated carbocycles. The second-order valence-corrected chi connectivity index (χ2v) is 6.84. The van der Waals surface area contributed by atoms with Gasteiger partial charge in [0.25, 0.3) is 5.91 Å². The van der Waals surface area contributed by atoms with Gasteiger partial charge in [0.2, 0.25) is 5.91 Å². The lowest BCUT2D eigenvalue weighted by atomic mass is 10.2. The van der Waals surface area contributed by atoms with Gasteiger partial charge in [0.05, 0.1) is 20.6 Å². The highest BCUT2D eigenvalue weighted by Crippen LogP contribution is 2.27. The van der Waals surface area contributed by atoms with Crippen molar-refractivity contribution in [2.75, 3.05) is 19.5 Å². The number of ether oxygens (including phenoxy) is 2. The highest BCUT2D eigenvalue weighted by atomic mass is 127. The standard InChI is InChI=1S/C19H20IN3O4/c1-12(9-18(24)21-15-6-4-5-14(20)11-15)22-23-19(25)13-7-8-16(26-2)17(10-13)27-3/h4-8,10-11H,9H2,1-3H3,(H,21,24)(H,23,25)/b22-12+. The zero-order valence-corrected chi connectivity index (χ0v) is 17.4. The van der Waals surface area contributed by atoms with Gasteiger partial charge in [0.15, 0.2) is 11.5 Å². The molecule has 27 heavy (non-hydrogen) atoms. The van der Waals surface area contributed by atoms with Crippen LogP contribution in [0.5, 0.6) is 11.5 Å². The number of methoxy groups -OCH3 is 2. The molecular weight excluding hydrogens is 461 g/mol. The first-order chi connectivity index (χ1) is 12.9. The predicted octanol–water partition coefficient (Wildman–Crippen LogP) is 3.44. The first-order valence-electron chi connectivity index (χ1n) is 8.04. The summed E-state index contributed by atoms with van der Waals surface area (Å²) in [5, 5.41) is 6.77. The van der Waals surface area contributed by atoms with Crippen LogP contribution in [0.15, 0.2) is 47.6 Å². The summed E-state index contributed by atoms with van der Waals surface area (Å²) in [6, 6.07) is 12.3. The Balaban J connectivity index is 1.94. The molecule has 0 heterocycles. The highest BCUT2D eigenvalue weighted by Gasteiger charge is 2.11. The summed E-state index contributed by atoms with van der Waals surface area (Å²) in [5.74, 6) is 0.357.